The summed E-state index contributed by atoms with van der Waals surface area (Å²) < 4.78 is 12.9. The number of benzene rings is 1. The summed E-state index contributed by atoms with van der Waals surface area (Å²) in [6.07, 6.45) is 6.21. The molecular weight excluding hydrogens is 225 g/mol. The van der Waals surface area contributed by atoms with Crippen LogP contribution in [0.2, 0.25) is 0 Å². The summed E-state index contributed by atoms with van der Waals surface area (Å²) in [4.78, 5) is 0. The highest BCUT2D eigenvalue weighted by Crippen LogP contribution is 2.39. The van der Waals surface area contributed by atoms with E-state index in [4.69, 9.17) is 0 Å². The number of hydrogen-bond acceptors (Lipinski definition) is 1. The summed E-state index contributed by atoms with van der Waals surface area (Å²) in [7, 11) is 0. The first kappa shape index (κ1) is 13.1. The van der Waals surface area contributed by atoms with Gasteiger partial charge in [-0.1, -0.05) is 31.9 Å². The minimum Gasteiger partial charge on any atom is -0.207 e. The van der Waals surface area contributed by atoms with Crippen LogP contribution in [0.1, 0.15) is 44.6 Å². The average Bonchev–Trinajstić information content (AvgIpc) is 2.56. The normalized spacial score (nSPS) is 28.4. The number of rotatable bonds is 2. The Bertz CT molecular complexity index is 431. The van der Waals surface area contributed by atoms with Crippen molar-refractivity contribution in [3.8, 4) is 6.07 Å². The van der Waals surface area contributed by atoms with Crippen molar-refractivity contribution in [2.75, 3.05) is 0 Å². The second-order valence-electron chi connectivity index (χ2n) is 5.73. The van der Waals surface area contributed by atoms with Crippen molar-refractivity contribution in [3.05, 3.63) is 35.6 Å². The molecule has 0 N–H and O–H groups in total. The Balaban J connectivity index is 2.13. The molecule has 0 amide bonds. The molecule has 2 rings (SSSR count). The van der Waals surface area contributed by atoms with Gasteiger partial charge in [0.2, 0.25) is 0 Å². The maximum absolute atomic E-state index is 12.9. The number of halogens is 1. The van der Waals surface area contributed by atoms with E-state index in [1.165, 1.54) is 18.6 Å². The van der Waals surface area contributed by atoms with E-state index in [2.05, 4.69) is 13.0 Å². The number of nitriles is 1. The maximum atomic E-state index is 12.9. The summed E-state index contributed by atoms with van der Waals surface area (Å²) in [5.41, 5.74) is 0.843. The first-order valence-corrected chi connectivity index (χ1v) is 6.79. The third-order valence-corrected chi connectivity index (χ3v) is 4.16. The molecule has 1 nitrogen and oxygen atoms in total. The molecule has 1 aliphatic carbocycles. The molecule has 96 valence electrons. The van der Waals surface area contributed by atoms with Gasteiger partial charge in [0, 0.05) is 0 Å². The molecule has 1 saturated carbocycles. The fraction of sp³-hybridized carbons (Fsp3) is 0.562. The maximum Gasteiger partial charge on any atom is 0.123 e. The Morgan fingerprint density at radius 1 is 1.28 bits per heavy atom. The van der Waals surface area contributed by atoms with Crippen LogP contribution in [-0.2, 0) is 6.42 Å². The summed E-state index contributed by atoms with van der Waals surface area (Å²) in [5.74, 6) is 0.521. The van der Waals surface area contributed by atoms with Gasteiger partial charge in [-0.3, -0.25) is 0 Å². The van der Waals surface area contributed by atoms with Crippen molar-refractivity contribution in [1.29, 1.82) is 5.26 Å². The van der Waals surface area contributed by atoms with E-state index in [1.807, 2.05) is 12.1 Å². The lowest BCUT2D eigenvalue weighted by molar-refractivity contribution is 0.333. The molecule has 1 aromatic carbocycles. The first-order valence-electron chi connectivity index (χ1n) is 6.79. The lowest BCUT2D eigenvalue weighted by Gasteiger charge is -2.25. The Kier molecular flexibility index (Phi) is 4.01. The Hall–Kier alpha value is -1.36. The van der Waals surface area contributed by atoms with Gasteiger partial charge in [0.15, 0.2) is 0 Å². The minimum atomic E-state index is -0.234. The van der Waals surface area contributed by atoms with Gasteiger partial charge in [0.1, 0.15) is 5.82 Å². The van der Waals surface area contributed by atoms with Crippen molar-refractivity contribution >= 4 is 0 Å². The second-order valence-corrected chi connectivity index (χ2v) is 5.73. The average molecular weight is 245 g/mol. The van der Waals surface area contributed by atoms with E-state index in [-0.39, 0.29) is 11.2 Å². The van der Waals surface area contributed by atoms with Gasteiger partial charge < -0.3 is 0 Å². The highest BCUT2D eigenvalue weighted by Gasteiger charge is 2.32. The van der Waals surface area contributed by atoms with Crippen molar-refractivity contribution in [3.63, 3.8) is 0 Å². The summed E-state index contributed by atoms with van der Waals surface area (Å²) >= 11 is 0. The monoisotopic (exact) mass is 245 g/mol. The Morgan fingerprint density at radius 3 is 2.67 bits per heavy atom. The highest BCUT2D eigenvalue weighted by atomic mass is 19.1. The zero-order valence-corrected chi connectivity index (χ0v) is 11.0. The molecule has 0 saturated heterocycles. The number of hydrogen-bond donors (Lipinski definition) is 0. The SMILES string of the molecule is CC1CCCC(C#N)(Cc2ccc(F)cc2)CC1. The molecular formula is C16H20FN. The number of nitrogens with zero attached hydrogens (tertiary/aromatic N) is 1. The molecule has 2 heteroatoms. The summed E-state index contributed by atoms with van der Waals surface area (Å²) in [6.45, 7) is 2.27. The molecule has 0 spiro atoms. The fourth-order valence-corrected chi connectivity index (χ4v) is 2.90. The summed E-state index contributed by atoms with van der Waals surface area (Å²) in [6, 6.07) is 9.14. The van der Waals surface area contributed by atoms with Crippen LogP contribution in [-0.4, -0.2) is 0 Å². The minimum absolute atomic E-state index is 0.209. The third kappa shape index (κ3) is 3.10. The molecule has 2 unspecified atom stereocenters. The van der Waals surface area contributed by atoms with E-state index in [0.29, 0.717) is 0 Å². The molecule has 1 aliphatic rings. The van der Waals surface area contributed by atoms with E-state index < -0.39 is 0 Å². The van der Waals surface area contributed by atoms with Crippen molar-refractivity contribution in [2.45, 2.75) is 45.4 Å². The van der Waals surface area contributed by atoms with Crippen molar-refractivity contribution in [2.24, 2.45) is 11.3 Å². The topological polar surface area (TPSA) is 23.8 Å². The molecule has 1 fully saturated rings. The van der Waals surface area contributed by atoms with Gasteiger partial charge in [-0.05, 0) is 49.3 Å². The Morgan fingerprint density at radius 2 is 2.00 bits per heavy atom. The smallest absolute Gasteiger partial charge is 0.123 e. The first-order chi connectivity index (χ1) is 8.63. The van der Waals surface area contributed by atoms with Gasteiger partial charge in [-0.15, -0.1) is 0 Å². The molecule has 0 bridgehead atoms. The van der Waals surface area contributed by atoms with Gasteiger partial charge in [-0.25, -0.2) is 4.39 Å². The van der Waals surface area contributed by atoms with Crippen molar-refractivity contribution < 1.29 is 4.39 Å². The van der Waals surface area contributed by atoms with Crippen molar-refractivity contribution in [1.82, 2.24) is 0 Å². The molecule has 0 radical (unpaired) electrons. The Labute approximate surface area is 109 Å². The van der Waals surface area contributed by atoms with Crippen LogP contribution in [0, 0.1) is 28.5 Å². The largest absolute Gasteiger partial charge is 0.207 e. The predicted octanol–water partition coefficient (Wildman–Crippen LogP) is 4.48. The van der Waals surface area contributed by atoms with E-state index >= 15 is 0 Å². The lowest BCUT2D eigenvalue weighted by Crippen LogP contribution is -2.21. The fourth-order valence-electron chi connectivity index (χ4n) is 2.90. The highest BCUT2D eigenvalue weighted by molar-refractivity contribution is 5.20. The van der Waals surface area contributed by atoms with Crippen LogP contribution in [0.3, 0.4) is 0 Å². The van der Waals surface area contributed by atoms with Gasteiger partial charge in [0.05, 0.1) is 11.5 Å². The van der Waals surface area contributed by atoms with E-state index in [1.54, 1.807) is 0 Å². The van der Waals surface area contributed by atoms with Crippen LogP contribution in [0.4, 0.5) is 4.39 Å². The van der Waals surface area contributed by atoms with Crippen LogP contribution in [0.15, 0.2) is 24.3 Å². The predicted molar refractivity (Wildman–Crippen MR) is 70.4 cm³/mol. The zero-order chi connectivity index (χ0) is 13.0. The summed E-state index contributed by atoms with van der Waals surface area (Å²) in [5, 5.41) is 9.54. The van der Waals surface area contributed by atoms with Crippen LogP contribution in [0.5, 0.6) is 0 Å². The molecule has 0 aliphatic heterocycles. The zero-order valence-electron chi connectivity index (χ0n) is 11.0. The molecule has 0 heterocycles. The standard InChI is InChI=1S/C16H20FN/c1-13-3-2-9-16(12-18,10-8-13)11-14-4-6-15(17)7-5-14/h4-7,13H,2-3,8-11H2,1H3. The lowest BCUT2D eigenvalue weighted by atomic mass is 9.76. The quantitative estimate of drug-likeness (QED) is 0.705. The molecule has 2 atom stereocenters. The van der Waals surface area contributed by atoms with E-state index in [9.17, 15) is 9.65 Å². The second kappa shape index (κ2) is 5.52. The van der Waals surface area contributed by atoms with Gasteiger partial charge in [-0.2, -0.15) is 5.26 Å². The molecule has 18 heavy (non-hydrogen) atoms. The van der Waals surface area contributed by atoms with Crippen LogP contribution >= 0.6 is 0 Å². The van der Waals surface area contributed by atoms with E-state index in [0.717, 1.165) is 43.6 Å². The molecule has 0 aromatic heterocycles. The third-order valence-electron chi connectivity index (χ3n) is 4.16. The molecule has 1 aromatic rings. The van der Waals surface area contributed by atoms with Gasteiger partial charge in [0.25, 0.3) is 0 Å². The van der Waals surface area contributed by atoms with Gasteiger partial charge >= 0.3 is 0 Å². The van der Waals surface area contributed by atoms with Crippen LogP contribution < -0.4 is 0 Å². The van der Waals surface area contributed by atoms with Crippen LogP contribution in [0.25, 0.3) is 0 Å².